The minimum atomic E-state index is -0.0619. The molecular formula is C21H27N5O2. The van der Waals surface area contributed by atoms with Gasteiger partial charge in [0.1, 0.15) is 0 Å². The summed E-state index contributed by atoms with van der Waals surface area (Å²) in [5.74, 6) is 0.246. The molecule has 0 radical (unpaired) electrons. The zero-order valence-electron chi connectivity index (χ0n) is 16.3. The van der Waals surface area contributed by atoms with E-state index >= 15 is 0 Å². The number of hydrogen-bond donors (Lipinski definition) is 0. The van der Waals surface area contributed by atoms with Gasteiger partial charge in [0.15, 0.2) is 0 Å². The Kier molecular flexibility index (Phi) is 5.43. The van der Waals surface area contributed by atoms with Crippen molar-refractivity contribution in [2.24, 2.45) is 7.05 Å². The molecule has 0 spiro atoms. The number of likely N-dealkylation sites (tertiary alicyclic amines) is 1. The Bertz CT molecular complexity index is 826. The average Bonchev–Trinajstić information content (AvgIpc) is 3.16. The van der Waals surface area contributed by atoms with E-state index < -0.39 is 0 Å². The zero-order valence-corrected chi connectivity index (χ0v) is 16.3. The Morgan fingerprint density at radius 3 is 2.54 bits per heavy atom. The van der Waals surface area contributed by atoms with Crippen LogP contribution in [0, 0.1) is 0 Å². The van der Waals surface area contributed by atoms with E-state index in [0.29, 0.717) is 25.2 Å². The SMILES string of the molecule is Cn1cc(C(=O)N2CCN([C@@H]3CCCN(Cc4ccccc4)C3=O)CC2)cn1. The quantitative estimate of drug-likeness (QED) is 0.803. The van der Waals surface area contributed by atoms with Gasteiger partial charge >= 0.3 is 0 Å². The number of piperidine rings is 1. The van der Waals surface area contributed by atoms with Gasteiger partial charge in [0.05, 0.1) is 17.8 Å². The highest BCUT2D eigenvalue weighted by Gasteiger charge is 2.35. The van der Waals surface area contributed by atoms with Crippen molar-refractivity contribution in [3.05, 3.63) is 53.9 Å². The van der Waals surface area contributed by atoms with Crippen LogP contribution in [0.3, 0.4) is 0 Å². The molecule has 2 aliphatic rings. The van der Waals surface area contributed by atoms with E-state index in [4.69, 9.17) is 0 Å². The van der Waals surface area contributed by atoms with Crippen LogP contribution in [0.25, 0.3) is 0 Å². The molecule has 7 heteroatoms. The fraction of sp³-hybridized carbons (Fsp3) is 0.476. The lowest BCUT2D eigenvalue weighted by Crippen LogP contribution is -2.58. The van der Waals surface area contributed by atoms with Crippen LogP contribution in [-0.4, -0.2) is 75.1 Å². The fourth-order valence-corrected chi connectivity index (χ4v) is 4.17. The Balaban J connectivity index is 1.34. The highest BCUT2D eigenvalue weighted by atomic mass is 16.2. The summed E-state index contributed by atoms with van der Waals surface area (Å²) in [6.07, 6.45) is 5.29. The van der Waals surface area contributed by atoms with Gasteiger partial charge in [0, 0.05) is 52.5 Å². The molecule has 1 atom stereocenters. The number of piperazine rings is 1. The van der Waals surface area contributed by atoms with Crippen LogP contribution in [0.4, 0.5) is 0 Å². The van der Waals surface area contributed by atoms with Gasteiger partial charge in [-0.25, -0.2) is 0 Å². The molecule has 0 saturated carbocycles. The minimum Gasteiger partial charge on any atom is -0.337 e. The highest BCUT2D eigenvalue weighted by Crippen LogP contribution is 2.21. The van der Waals surface area contributed by atoms with E-state index in [1.807, 2.05) is 35.0 Å². The average molecular weight is 381 g/mol. The molecule has 148 valence electrons. The van der Waals surface area contributed by atoms with Gasteiger partial charge in [0.2, 0.25) is 5.91 Å². The molecular weight excluding hydrogens is 354 g/mol. The number of carbonyl (C=O) groups is 2. The maximum Gasteiger partial charge on any atom is 0.257 e. The number of rotatable bonds is 4. The molecule has 0 aliphatic carbocycles. The third-order valence-electron chi connectivity index (χ3n) is 5.71. The second kappa shape index (κ2) is 8.14. The molecule has 2 fully saturated rings. The monoisotopic (exact) mass is 381 g/mol. The van der Waals surface area contributed by atoms with Crippen LogP contribution >= 0.6 is 0 Å². The number of nitrogens with zero attached hydrogens (tertiary/aromatic N) is 5. The molecule has 0 N–H and O–H groups in total. The van der Waals surface area contributed by atoms with Crippen LogP contribution in [0.15, 0.2) is 42.7 Å². The van der Waals surface area contributed by atoms with Crippen LogP contribution < -0.4 is 0 Å². The number of amides is 2. The lowest BCUT2D eigenvalue weighted by atomic mass is 10.0. The molecule has 2 amide bonds. The van der Waals surface area contributed by atoms with Gasteiger partial charge in [-0.2, -0.15) is 5.10 Å². The van der Waals surface area contributed by atoms with Gasteiger partial charge in [0.25, 0.3) is 5.91 Å². The summed E-state index contributed by atoms with van der Waals surface area (Å²) in [5, 5.41) is 4.08. The first-order valence-corrected chi connectivity index (χ1v) is 9.96. The van der Waals surface area contributed by atoms with Crippen molar-refractivity contribution in [3.63, 3.8) is 0 Å². The van der Waals surface area contributed by atoms with Crippen molar-refractivity contribution in [3.8, 4) is 0 Å². The smallest absolute Gasteiger partial charge is 0.257 e. The second-order valence-electron chi connectivity index (χ2n) is 7.63. The Labute approximate surface area is 165 Å². The summed E-state index contributed by atoms with van der Waals surface area (Å²) in [7, 11) is 1.81. The Hall–Kier alpha value is -2.67. The highest BCUT2D eigenvalue weighted by molar-refractivity contribution is 5.93. The summed E-state index contributed by atoms with van der Waals surface area (Å²) in [5.41, 5.74) is 1.79. The molecule has 0 bridgehead atoms. The largest absolute Gasteiger partial charge is 0.337 e. The predicted molar refractivity (Wildman–Crippen MR) is 106 cm³/mol. The molecule has 2 aromatic rings. The molecule has 2 aliphatic heterocycles. The fourth-order valence-electron chi connectivity index (χ4n) is 4.17. The van der Waals surface area contributed by atoms with Crippen molar-refractivity contribution < 1.29 is 9.59 Å². The van der Waals surface area contributed by atoms with Crippen LogP contribution in [0.1, 0.15) is 28.8 Å². The lowest BCUT2D eigenvalue weighted by Gasteiger charge is -2.42. The van der Waals surface area contributed by atoms with Gasteiger partial charge in [-0.1, -0.05) is 30.3 Å². The summed E-state index contributed by atoms with van der Waals surface area (Å²) in [6.45, 7) is 4.27. The van der Waals surface area contributed by atoms with E-state index in [9.17, 15) is 9.59 Å². The molecule has 7 nitrogen and oxygen atoms in total. The summed E-state index contributed by atoms with van der Waals surface area (Å²) in [6, 6.07) is 10.1. The van der Waals surface area contributed by atoms with E-state index in [1.165, 1.54) is 5.56 Å². The molecule has 28 heavy (non-hydrogen) atoms. The first-order chi connectivity index (χ1) is 13.6. The summed E-state index contributed by atoms with van der Waals surface area (Å²) < 4.78 is 1.64. The topological polar surface area (TPSA) is 61.7 Å². The normalized spacial score (nSPS) is 21.2. The van der Waals surface area contributed by atoms with Crippen LogP contribution in [0.5, 0.6) is 0 Å². The number of carbonyl (C=O) groups excluding carboxylic acids is 2. The van der Waals surface area contributed by atoms with E-state index in [1.54, 1.807) is 17.1 Å². The zero-order chi connectivity index (χ0) is 19.5. The number of benzene rings is 1. The number of hydrogen-bond acceptors (Lipinski definition) is 4. The summed E-state index contributed by atoms with van der Waals surface area (Å²) >= 11 is 0. The predicted octanol–water partition coefficient (Wildman–Crippen LogP) is 1.37. The van der Waals surface area contributed by atoms with Crippen molar-refractivity contribution >= 4 is 11.8 Å². The maximum atomic E-state index is 13.1. The first-order valence-electron chi connectivity index (χ1n) is 9.96. The van der Waals surface area contributed by atoms with Crippen LogP contribution in [0.2, 0.25) is 0 Å². The van der Waals surface area contributed by atoms with Gasteiger partial charge in [-0.15, -0.1) is 0 Å². The van der Waals surface area contributed by atoms with E-state index in [0.717, 1.165) is 32.5 Å². The first kappa shape index (κ1) is 18.7. The van der Waals surface area contributed by atoms with Gasteiger partial charge in [-0.05, 0) is 18.4 Å². The van der Waals surface area contributed by atoms with Crippen molar-refractivity contribution in [1.82, 2.24) is 24.5 Å². The molecule has 1 aromatic heterocycles. The number of aryl methyl sites for hydroxylation is 1. The Morgan fingerprint density at radius 2 is 1.86 bits per heavy atom. The minimum absolute atomic E-state index is 0.0217. The standard InChI is InChI=1S/C21H27N5O2/c1-23-16-18(14-22-23)20(27)25-12-10-24(11-13-25)19-8-5-9-26(21(19)28)15-17-6-3-2-4-7-17/h2-4,6-7,14,16,19H,5,8-13,15H2,1H3/t19-/m1/s1. The molecule has 3 heterocycles. The van der Waals surface area contributed by atoms with Crippen molar-refractivity contribution in [1.29, 1.82) is 0 Å². The molecule has 1 aromatic carbocycles. The third kappa shape index (κ3) is 3.94. The Morgan fingerprint density at radius 1 is 1.11 bits per heavy atom. The summed E-state index contributed by atoms with van der Waals surface area (Å²) in [4.78, 5) is 31.8. The molecule has 2 saturated heterocycles. The lowest BCUT2D eigenvalue weighted by molar-refractivity contribution is -0.141. The van der Waals surface area contributed by atoms with Crippen LogP contribution in [-0.2, 0) is 18.4 Å². The van der Waals surface area contributed by atoms with E-state index in [2.05, 4.69) is 22.1 Å². The van der Waals surface area contributed by atoms with Crippen molar-refractivity contribution in [2.75, 3.05) is 32.7 Å². The maximum absolute atomic E-state index is 13.1. The molecule has 0 unspecified atom stereocenters. The number of aromatic nitrogens is 2. The van der Waals surface area contributed by atoms with Crippen molar-refractivity contribution in [2.45, 2.75) is 25.4 Å². The third-order valence-corrected chi connectivity index (χ3v) is 5.71. The molecule has 4 rings (SSSR count). The van der Waals surface area contributed by atoms with Gasteiger partial charge < -0.3 is 9.80 Å². The van der Waals surface area contributed by atoms with Gasteiger partial charge in [-0.3, -0.25) is 19.2 Å². The van der Waals surface area contributed by atoms with E-state index in [-0.39, 0.29) is 17.9 Å². The second-order valence-corrected chi connectivity index (χ2v) is 7.63.